The fraction of sp³-hybridized carbons (Fsp3) is 0.286. The molecule has 0 unspecified atom stereocenters. The van der Waals surface area contributed by atoms with Crippen LogP contribution in [0.1, 0.15) is 38.8 Å². The molecule has 0 aliphatic heterocycles. The third-order valence-corrected chi connectivity index (χ3v) is 6.38. The van der Waals surface area contributed by atoms with E-state index < -0.39 is 72.9 Å². The van der Waals surface area contributed by atoms with Crippen molar-refractivity contribution in [2.75, 3.05) is 26.2 Å². The molecule has 0 bridgehead atoms. The lowest BCUT2D eigenvalue weighted by atomic mass is 10.0. The van der Waals surface area contributed by atoms with Gasteiger partial charge in [0.1, 0.15) is 23.5 Å². The molecule has 0 fully saturated rings. The Balaban J connectivity index is 0.000000460. The van der Waals surface area contributed by atoms with E-state index in [2.05, 4.69) is 0 Å². The Bertz CT molecular complexity index is 1560. The molecule has 18 heteroatoms. The average molecular weight is 642 g/mol. The van der Waals surface area contributed by atoms with Crippen molar-refractivity contribution < 1.29 is 45.0 Å². The zero-order valence-corrected chi connectivity index (χ0v) is 25.1. The van der Waals surface area contributed by atoms with Crippen molar-refractivity contribution in [2.45, 2.75) is 27.7 Å². The van der Waals surface area contributed by atoms with Crippen LogP contribution in [0.5, 0.6) is 23.0 Å². The lowest BCUT2D eigenvalue weighted by Crippen LogP contribution is -2.32. The number of carbonyl (C=O) groups is 2. The molecule has 0 aromatic heterocycles. The highest BCUT2D eigenvalue weighted by molar-refractivity contribution is 6.05. The summed E-state index contributed by atoms with van der Waals surface area (Å²) in [6, 6.07) is 6.66. The fourth-order valence-electron chi connectivity index (χ4n) is 3.83. The number of nitro benzene ring substituents is 2. The van der Waals surface area contributed by atoms with Crippen LogP contribution in [0.2, 0.25) is 0 Å². The number of phenolic OH excluding ortho intramolecular Hbond substituents is 4. The topological polar surface area (TPSA) is 302 Å². The number of aliphatic hydroxyl groups is 1. The molecule has 18 nitrogen and oxygen atoms in total. The third-order valence-electron chi connectivity index (χ3n) is 6.38. The minimum Gasteiger partial charge on any atom is -0.506 e. The molecule has 0 radical (unpaired) electrons. The van der Waals surface area contributed by atoms with Crippen LogP contribution in [-0.2, 0) is 9.59 Å². The Labute approximate surface area is 261 Å². The van der Waals surface area contributed by atoms with Gasteiger partial charge in [-0.1, -0.05) is 0 Å². The number of nitriles is 2. The highest BCUT2D eigenvalue weighted by Crippen LogP contribution is 2.39. The minimum absolute atomic E-state index is 0.107. The van der Waals surface area contributed by atoms with Gasteiger partial charge in [-0.05, 0) is 39.8 Å². The number of nitrogens with two attached hydrogens (primary N) is 1. The quantitative estimate of drug-likeness (QED) is 0.0543. The minimum atomic E-state index is -0.972. The standard InChI is InChI=1S/C14H16N4O5.C14H15N3O6/c1-3-17(4-2)14(21)9(7-15)12(16)8-5-10(18(22)23)13(20)11(19)6-8;1-3-16(4-2)14(21)9(7-15)12(19)8-5-10(17(22)23)13(20)11(18)6-8/h5-6,19-20H,3-4,16H2,1-2H3;5-6,18-20H,3-4H2,1-2H3/b2*12-9-. The van der Waals surface area contributed by atoms with Gasteiger partial charge in [-0.3, -0.25) is 29.8 Å². The largest absolute Gasteiger partial charge is 0.506 e. The van der Waals surface area contributed by atoms with Crippen molar-refractivity contribution in [1.29, 1.82) is 10.5 Å². The van der Waals surface area contributed by atoms with E-state index in [0.29, 0.717) is 26.2 Å². The van der Waals surface area contributed by atoms with Gasteiger partial charge in [0.05, 0.1) is 15.5 Å². The van der Waals surface area contributed by atoms with E-state index in [1.54, 1.807) is 39.8 Å². The molecule has 244 valence electrons. The van der Waals surface area contributed by atoms with Gasteiger partial charge in [-0.15, -0.1) is 0 Å². The summed E-state index contributed by atoms with van der Waals surface area (Å²) < 4.78 is 0. The molecule has 0 saturated carbocycles. The van der Waals surface area contributed by atoms with Gasteiger partial charge in [-0.25, -0.2) is 0 Å². The molecular weight excluding hydrogens is 610 g/mol. The van der Waals surface area contributed by atoms with Crippen molar-refractivity contribution in [2.24, 2.45) is 5.73 Å². The highest BCUT2D eigenvalue weighted by Gasteiger charge is 2.26. The van der Waals surface area contributed by atoms with Crippen LogP contribution in [0.3, 0.4) is 0 Å². The van der Waals surface area contributed by atoms with Crippen LogP contribution in [0.15, 0.2) is 35.4 Å². The maximum atomic E-state index is 12.2. The Morgan fingerprint density at radius 3 is 1.43 bits per heavy atom. The number of amides is 2. The first kappa shape index (κ1) is 37.5. The summed E-state index contributed by atoms with van der Waals surface area (Å²) in [4.78, 5) is 46.8. The van der Waals surface area contributed by atoms with Crippen molar-refractivity contribution >= 4 is 34.6 Å². The van der Waals surface area contributed by atoms with E-state index >= 15 is 0 Å². The Hall–Kier alpha value is -6.56. The second-order valence-electron chi connectivity index (χ2n) is 8.93. The van der Waals surface area contributed by atoms with Gasteiger partial charge in [-0.2, -0.15) is 10.5 Å². The van der Waals surface area contributed by atoms with Crippen LogP contribution in [-0.4, -0.2) is 83.2 Å². The van der Waals surface area contributed by atoms with Gasteiger partial charge < -0.3 is 41.1 Å². The molecule has 0 aliphatic rings. The predicted molar refractivity (Wildman–Crippen MR) is 161 cm³/mol. The number of likely N-dealkylation sites (N-methyl/N-ethyl adjacent to an activating group) is 2. The molecule has 2 aromatic carbocycles. The lowest BCUT2D eigenvalue weighted by molar-refractivity contribution is -0.386. The van der Waals surface area contributed by atoms with Crippen LogP contribution in [0.25, 0.3) is 11.5 Å². The van der Waals surface area contributed by atoms with Crippen molar-refractivity contribution in [3.8, 4) is 35.1 Å². The van der Waals surface area contributed by atoms with Crippen molar-refractivity contribution in [1.82, 2.24) is 9.80 Å². The Morgan fingerprint density at radius 2 is 1.09 bits per heavy atom. The number of carbonyl (C=O) groups excluding carboxylic acids is 2. The first-order valence-corrected chi connectivity index (χ1v) is 13.3. The van der Waals surface area contributed by atoms with E-state index in [1.165, 1.54) is 9.80 Å². The van der Waals surface area contributed by atoms with Gasteiger partial charge in [0.2, 0.25) is 11.5 Å². The number of nitrogens with zero attached hydrogens (tertiary/aromatic N) is 6. The van der Waals surface area contributed by atoms with Gasteiger partial charge in [0, 0.05) is 49.4 Å². The number of hydrogen-bond acceptors (Lipinski definition) is 14. The van der Waals surface area contributed by atoms with Crippen LogP contribution in [0, 0.1) is 42.9 Å². The molecule has 0 aliphatic carbocycles. The van der Waals surface area contributed by atoms with Crippen LogP contribution >= 0.6 is 0 Å². The molecule has 0 spiro atoms. The summed E-state index contributed by atoms with van der Waals surface area (Å²) in [5.74, 6) is -5.70. The Kier molecular flexibility index (Phi) is 13.3. The van der Waals surface area contributed by atoms with E-state index in [1.807, 2.05) is 0 Å². The number of phenols is 4. The van der Waals surface area contributed by atoms with E-state index in [9.17, 15) is 60.6 Å². The number of hydrogen-bond donors (Lipinski definition) is 6. The monoisotopic (exact) mass is 641 g/mol. The molecule has 2 aromatic rings. The summed E-state index contributed by atoms with van der Waals surface area (Å²) in [5.41, 5.74) is 2.37. The zero-order chi connectivity index (χ0) is 35.5. The van der Waals surface area contributed by atoms with E-state index in [4.69, 9.17) is 11.0 Å². The smallest absolute Gasteiger partial charge is 0.315 e. The number of nitro groups is 2. The van der Waals surface area contributed by atoms with E-state index in [-0.39, 0.29) is 16.8 Å². The summed E-state index contributed by atoms with van der Waals surface area (Å²) in [7, 11) is 0. The zero-order valence-electron chi connectivity index (χ0n) is 25.1. The maximum absolute atomic E-state index is 12.2. The molecule has 0 saturated heterocycles. The number of aliphatic hydroxyl groups excluding tert-OH is 1. The third kappa shape index (κ3) is 8.29. The summed E-state index contributed by atoms with van der Waals surface area (Å²) in [5, 5.41) is 88.0. The molecule has 7 N–H and O–H groups in total. The fourth-order valence-corrected chi connectivity index (χ4v) is 3.83. The average Bonchev–Trinajstić information content (AvgIpc) is 3.01. The SMILES string of the molecule is CCN(CC)C(=O)/C(C#N)=C(\N)c1cc(O)c(O)c([N+](=O)[O-])c1.CCN(CC)C(=O)/C(C#N)=C(\O)c1cc(O)c(O)c([N+](=O)[O-])c1. The van der Waals surface area contributed by atoms with Gasteiger partial charge in [0.25, 0.3) is 11.8 Å². The number of rotatable bonds is 10. The number of aromatic hydroxyl groups is 4. The summed E-state index contributed by atoms with van der Waals surface area (Å²) in [6.07, 6.45) is 0. The van der Waals surface area contributed by atoms with Gasteiger partial charge in [0.15, 0.2) is 17.1 Å². The predicted octanol–water partition coefficient (Wildman–Crippen LogP) is 2.73. The van der Waals surface area contributed by atoms with Crippen LogP contribution < -0.4 is 5.73 Å². The molecule has 2 amide bonds. The lowest BCUT2D eigenvalue weighted by Gasteiger charge is -2.18. The molecular formula is C28H31N7O11. The van der Waals surface area contributed by atoms with Crippen LogP contribution in [0.4, 0.5) is 11.4 Å². The highest BCUT2D eigenvalue weighted by atomic mass is 16.6. The molecule has 2 rings (SSSR count). The first-order valence-electron chi connectivity index (χ1n) is 13.3. The summed E-state index contributed by atoms with van der Waals surface area (Å²) in [6.45, 7) is 8.13. The Morgan fingerprint density at radius 1 is 0.739 bits per heavy atom. The normalized spacial score (nSPS) is 11.3. The maximum Gasteiger partial charge on any atom is 0.315 e. The molecule has 0 atom stereocenters. The first-order chi connectivity index (χ1) is 21.6. The van der Waals surface area contributed by atoms with Crippen molar-refractivity contribution in [3.05, 3.63) is 66.8 Å². The van der Waals surface area contributed by atoms with E-state index in [0.717, 1.165) is 24.3 Å². The van der Waals surface area contributed by atoms with Crippen molar-refractivity contribution in [3.63, 3.8) is 0 Å². The summed E-state index contributed by atoms with van der Waals surface area (Å²) >= 11 is 0. The molecule has 46 heavy (non-hydrogen) atoms. The number of benzene rings is 2. The van der Waals surface area contributed by atoms with Gasteiger partial charge >= 0.3 is 11.4 Å². The second kappa shape index (κ2) is 16.3. The molecule has 0 heterocycles. The second-order valence-corrected chi connectivity index (χ2v) is 8.93.